The third-order valence-electron chi connectivity index (χ3n) is 3.50. The molecule has 2 unspecified atom stereocenters. The number of hydrogen-bond acceptors (Lipinski definition) is 2. The van der Waals surface area contributed by atoms with E-state index in [9.17, 15) is 18.3 Å². The van der Waals surface area contributed by atoms with Gasteiger partial charge in [0.25, 0.3) is 0 Å². The fourth-order valence-corrected chi connectivity index (χ4v) is 2.61. The van der Waals surface area contributed by atoms with E-state index in [-0.39, 0.29) is 12.1 Å². The van der Waals surface area contributed by atoms with E-state index in [0.29, 0.717) is 12.8 Å². The predicted molar refractivity (Wildman–Crippen MR) is 54.0 cm³/mol. The van der Waals surface area contributed by atoms with E-state index in [1.807, 2.05) is 0 Å². The van der Waals surface area contributed by atoms with Crippen LogP contribution in [0.2, 0.25) is 0 Å². The molecule has 0 saturated heterocycles. The Kier molecular flexibility index (Phi) is 3.45. The number of halogens is 3. The van der Waals surface area contributed by atoms with Crippen LogP contribution < -0.4 is 0 Å². The predicted octanol–water partition coefficient (Wildman–Crippen LogP) is 2.32. The highest BCUT2D eigenvalue weighted by Crippen LogP contribution is 2.36. The van der Waals surface area contributed by atoms with Crippen LogP contribution >= 0.6 is 0 Å². The third-order valence-corrected chi connectivity index (χ3v) is 3.50. The van der Waals surface area contributed by atoms with Gasteiger partial charge in [-0.2, -0.15) is 13.2 Å². The van der Waals surface area contributed by atoms with E-state index in [1.165, 1.54) is 4.90 Å². The molecule has 94 valence electrons. The molecular formula is C11H18F3NO. The summed E-state index contributed by atoms with van der Waals surface area (Å²) in [5.41, 5.74) is 0. The molecule has 2 atom stereocenters. The lowest BCUT2D eigenvalue weighted by molar-refractivity contribution is -0.159. The van der Waals surface area contributed by atoms with Crippen LogP contribution in [-0.2, 0) is 0 Å². The molecule has 0 heterocycles. The summed E-state index contributed by atoms with van der Waals surface area (Å²) in [6.07, 6.45) is 0.180. The average molecular weight is 237 g/mol. The smallest absolute Gasteiger partial charge is 0.391 e. The molecule has 2 aliphatic carbocycles. The standard InChI is InChI=1S/C11H18F3NO/c12-11(13,14)7-15(8-5-6-8)9-3-1-2-4-10(9)16/h8-10,16H,1-7H2. The van der Waals surface area contributed by atoms with Crippen molar-refractivity contribution in [3.63, 3.8) is 0 Å². The Labute approximate surface area is 93.4 Å². The summed E-state index contributed by atoms with van der Waals surface area (Å²) in [6.45, 7) is -0.862. The van der Waals surface area contributed by atoms with E-state index in [0.717, 1.165) is 25.7 Å². The molecule has 0 spiro atoms. The Hall–Kier alpha value is -0.290. The summed E-state index contributed by atoms with van der Waals surface area (Å²) < 4.78 is 37.4. The average Bonchev–Trinajstić information content (AvgIpc) is 2.97. The zero-order valence-corrected chi connectivity index (χ0v) is 9.21. The molecule has 0 radical (unpaired) electrons. The molecule has 0 amide bonds. The summed E-state index contributed by atoms with van der Waals surface area (Å²) in [5, 5.41) is 9.80. The first-order valence-corrected chi connectivity index (χ1v) is 5.98. The second-order valence-corrected chi connectivity index (χ2v) is 4.94. The van der Waals surface area contributed by atoms with Gasteiger partial charge in [-0.1, -0.05) is 12.8 Å². The molecular weight excluding hydrogens is 219 g/mol. The molecule has 0 aromatic rings. The third kappa shape index (κ3) is 3.10. The molecule has 0 bridgehead atoms. The number of nitrogens with zero attached hydrogens (tertiary/aromatic N) is 1. The number of rotatable bonds is 3. The van der Waals surface area contributed by atoms with Gasteiger partial charge in [0.1, 0.15) is 0 Å². The summed E-state index contributed by atoms with van der Waals surface area (Å²) in [6, 6.07) is -0.220. The normalized spacial score (nSPS) is 32.1. The van der Waals surface area contributed by atoms with Crippen LogP contribution in [0.4, 0.5) is 13.2 Å². The highest BCUT2D eigenvalue weighted by atomic mass is 19.4. The van der Waals surface area contributed by atoms with E-state index in [4.69, 9.17) is 0 Å². The largest absolute Gasteiger partial charge is 0.401 e. The van der Waals surface area contributed by atoms with Crippen LogP contribution in [0.1, 0.15) is 38.5 Å². The molecule has 0 aliphatic heterocycles. The monoisotopic (exact) mass is 237 g/mol. The van der Waals surface area contributed by atoms with Gasteiger partial charge in [-0.15, -0.1) is 0 Å². The van der Waals surface area contributed by atoms with Crippen molar-refractivity contribution >= 4 is 0 Å². The van der Waals surface area contributed by atoms with E-state index in [2.05, 4.69) is 0 Å². The molecule has 2 fully saturated rings. The van der Waals surface area contributed by atoms with Gasteiger partial charge < -0.3 is 5.11 Å². The Balaban J connectivity index is 2.00. The van der Waals surface area contributed by atoms with Crippen molar-refractivity contribution in [3.05, 3.63) is 0 Å². The summed E-state index contributed by atoms with van der Waals surface area (Å²) in [5.74, 6) is 0. The Morgan fingerprint density at radius 3 is 2.19 bits per heavy atom. The van der Waals surface area contributed by atoms with Gasteiger partial charge in [-0.25, -0.2) is 0 Å². The minimum atomic E-state index is -4.15. The van der Waals surface area contributed by atoms with Gasteiger partial charge in [0.15, 0.2) is 0 Å². The first-order chi connectivity index (χ1) is 7.47. The molecule has 0 aromatic carbocycles. The van der Waals surface area contributed by atoms with Crippen molar-refractivity contribution in [2.45, 2.75) is 62.9 Å². The minimum absolute atomic E-state index is 0.0550. The topological polar surface area (TPSA) is 23.5 Å². The Morgan fingerprint density at radius 1 is 1.06 bits per heavy atom. The van der Waals surface area contributed by atoms with Gasteiger partial charge in [0.05, 0.1) is 12.6 Å². The van der Waals surface area contributed by atoms with Crippen LogP contribution in [-0.4, -0.2) is 40.9 Å². The molecule has 1 N–H and O–H groups in total. The zero-order valence-electron chi connectivity index (χ0n) is 9.21. The van der Waals surface area contributed by atoms with E-state index >= 15 is 0 Å². The summed E-state index contributed by atoms with van der Waals surface area (Å²) in [4.78, 5) is 1.49. The fourth-order valence-electron chi connectivity index (χ4n) is 2.61. The van der Waals surface area contributed by atoms with Crippen molar-refractivity contribution in [1.29, 1.82) is 0 Å². The highest BCUT2D eigenvalue weighted by Gasteiger charge is 2.43. The van der Waals surface area contributed by atoms with Crippen LogP contribution in [0.5, 0.6) is 0 Å². The first-order valence-electron chi connectivity index (χ1n) is 5.98. The van der Waals surface area contributed by atoms with Gasteiger partial charge in [-0.3, -0.25) is 4.90 Å². The number of alkyl halides is 3. The van der Waals surface area contributed by atoms with Crippen LogP contribution in [0.3, 0.4) is 0 Å². The molecule has 16 heavy (non-hydrogen) atoms. The van der Waals surface area contributed by atoms with E-state index in [1.54, 1.807) is 0 Å². The molecule has 0 aromatic heterocycles. The fraction of sp³-hybridized carbons (Fsp3) is 1.00. The van der Waals surface area contributed by atoms with Crippen molar-refractivity contribution in [2.24, 2.45) is 0 Å². The molecule has 2 rings (SSSR count). The lowest BCUT2D eigenvalue weighted by Gasteiger charge is -2.38. The maximum absolute atomic E-state index is 12.5. The second-order valence-electron chi connectivity index (χ2n) is 4.94. The first kappa shape index (κ1) is 12.2. The van der Waals surface area contributed by atoms with Gasteiger partial charge in [-0.05, 0) is 25.7 Å². The van der Waals surface area contributed by atoms with Crippen molar-refractivity contribution < 1.29 is 18.3 Å². The zero-order chi connectivity index (χ0) is 11.8. The number of hydrogen-bond donors (Lipinski definition) is 1. The molecule has 2 nitrogen and oxygen atoms in total. The maximum Gasteiger partial charge on any atom is 0.401 e. The number of aliphatic hydroxyl groups is 1. The molecule has 5 heteroatoms. The molecule has 2 aliphatic rings. The Morgan fingerprint density at radius 2 is 1.69 bits per heavy atom. The quantitative estimate of drug-likeness (QED) is 0.814. The summed E-state index contributed by atoms with van der Waals surface area (Å²) in [7, 11) is 0. The minimum Gasteiger partial charge on any atom is -0.391 e. The number of aliphatic hydroxyl groups excluding tert-OH is 1. The lowest BCUT2D eigenvalue weighted by Crippen LogP contribution is -2.50. The van der Waals surface area contributed by atoms with Crippen LogP contribution in [0.25, 0.3) is 0 Å². The van der Waals surface area contributed by atoms with Gasteiger partial charge in [0.2, 0.25) is 0 Å². The van der Waals surface area contributed by atoms with Crippen molar-refractivity contribution in [2.75, 3.05) is 6.54 Å². The lowest BCUT2D eigenvalue weighted by atomic mass is 9.91. The highest BCUT2D eigenvalue weighted by molar-refractivity contribution is 4.93. The maximum atomic E-state index is 12.5. The Bertz CT molecular complexity index is 240. The second kappa shape index (κ2) is 4.53. The van der Waals surface area contributed by atoms with Gasteiger partial charge >= 0.3 is 6.18 Å². The summed E-state index contributed by atoms with van der Waals surface area (Å²) >= 11 is 0. The van der Waals surface area contributed by atoms with Crippen LogP contribution in [0.15, 0.2) is 0 Å². The van der Waals surface area contributed by atoms with Crippen LogP contribution in [0, 0.1) is 0 Å². The SMILES string of the molecule is OC1CCCCC1N(CC(F)(F)F)C1CC1. The van der Waals surface area contributed by atoms with Crippen molar-refractivity contribution in [1.82, 2.24) is 4.90 Å². The van der Waals surface area contributed by atoms with Crippen molar-refractivity contribution in [3.8, 4) is 0 Å². The van der Waals surface area contributed by atoms with E-state index < -0.39 is 18.8 Å². The molecule has 2 saturated carbocycles. The van der Waals surface area contributed by atoms with Gasteiger partial charge in [0, 0.05) is 12.1 Å².